The van der Waals surface area contributed by atoms with Crippen LogP contribution in [0.3, 0.4) is 0 Å². The summed E-state index contributed by atoms with van der Waals surface area (Å²) in [4.78, 5) is 21.3. The molecule has 4 nitrogen and oxygen atoms in total. The summed E-state index contributed by atoms with van der Waals surface area (Å²) in [5.74, 6) is 0.0896. The SMILES string of the molecule is CCC1CCCCN1C(=O)c1sc2nc(C)c(C)c(C)c2c1N. The fraction of sp³-hybridized carbons (Fsp3) is 0.556. The lowest BCUT2D eigenvalue weighted by molar-refractivity contribution is 0.0614. The van der Waals surface area contributed by atoms with Crippen molar-refractivity contribution in [1.29, 1.82) is 0 Å². The van der Waals surface area contributed by atoms with Crippen LogP contribution in [0.5, 0.6) is 0 Å². The summed E-state index contributed by atoms with van der Waals surface area (Å²) in [5.41, 5.74) is 10.3. The lowest BCUT2D eigenvalue weighted by Gasteiger charge is -2.35. The van der Waals surface area contributed by atoms with Crippen molar-refractivity contribution < 1.29 is 4.79 Å². The molecule has 0 aromatic carbocycles. The predicted octanol–water partition coefficient (Wildman–Crippen LogP) is 4.21. The molecular weight excluding hydrogens is 306 g/mol. The van der Waals surface area contributed by atoms with Gasteiger partial charge < -0.3 is 10.6 Å². The Morgan fingerprint density at radius 2 is 2.04 bits per heavy atom. The summed E-state index contributed by atoms with van der Waals surface area (Å²) in [6.45, 7) is 9.14. The van der Waals surface area contributed by atoms with Crippen molar-refractivity contribution in [3.63, 3.8) is 0 Å². The Labute approximate surface area is 141 Å². The Morgan fingerprint density at radius 3 is 2.74 bits per heavy atom. The van der Waals surface area contributed by atoms with E-state index in [4.69, 9.17) is 5.73 Å². The van der Waals surface area contributed by atoms with Gasteiger partial charge in [-0.1, -0.05) is 6.92 Å². The Morgan fingerprint density at radius 1 is 1.30 bits per heavy atom. The van der Waals surface area contributed by atoms with Crippen molar-refractivity contribution in [2.24, 2.45) is 0 Å². The number of pyridine rings is 1. The summed E-state index contributed by atoms with van der Waals surface area (Å²) in [6, 6.07) is 0.346. The number of fused-ring (bicyclic) bond motifs is 1. The van der Waals surface area contributed by atoms with Crippen LogP contribution in [-0.2, 0) is 0 Å². The molecule has 23 heavy (non-hydrogen) atoms. The van der Waals surface area contributed by atoms with Crippen LogP contribution < -0.4 is 5.73 Å². The van der Waals surface area contributed by atoms with Crippen LogP contribution in [0.15, 0.2) is 0 Å². The molecule has 0 bridgehead atoms. The average Bonchev–Trinajstić information content (AvgIpc) is 2.88. The van der Waals surface area contributed by atoms with E-state index in [0.29, 0.717) is 16.6 Å². The molecule has 1 amide bonds. The number of likely N-dealkylation sites (tertiary alicyclic amines) is 1. The van der Waals surface area contributed by atoms with E-state index >= 15 is 0 Å². The third-order valence-corrected chi connectivity index (χ3v) is 6.32. The number of rotatable bonds is 2. The second-order valence-electron chi connectivity index (χ2n) is 6.53. The molecule has 2 aromatic rings. The average molecular weight is 331 g/mol. The van der Waals surface area contributed by atoms with Gasteiger partial charge in [-0.15, -0.1) is 11.3 Å². The molecule has 1 aliphatic heterocycles. The zero-order valence-corrected chi connectivity index (χ0v) is 15.2. The number of anilines is 1. The quantitative estimate of drug-likeness (QED) is 0.897. The van der Waals surface area contributed by atoms with Crippen LogP contribution >= 0.6 is 11.3 Å². The number of carbonyl (C=O) groups excluding carboxylic acids is 1. The van der Waals surface area contributed by atoms with Crippen molar-refractivity contribution in [2.45, 2.75) is 59.4 Å². The third-order valence-electron chi connectivity index (χ3n) is 5.23. The molecule has 5 heteroatoms. The Bertz CT molecular complexity index is 765. The van der Waals surface area contributed by atoms with Gasteiger partial charge in [0, 0.05) is 23.7 Å². The lowest BCUT2D eigenvalue weighted by Crippen LogP contribution is -2.43. The minimum Gasteiger partial charge on any atom is -0.397 e. The maximum atomic E-state index is 13.1. The molecule has 3 rings (SSSR count). The smallest absolute Gasteiger partial charge is 0.266 e. The van der Waals surface area contributed by atoms with Gasteiger partial charge in [-0.05, 0) is 57.6 Å². The maximum absolute atomic E-state index is 13.1. The standard InChI is InChI=1S/C18H25N3OS/c1-5-13-8-6-7-9-21(13)18(22)16-15(19)14-11(3)10(2)12(4)20-17(14)23-16/h13H,5-9,19H2,1-4H3. The molecule has 1 fully saturated rings. The summed E-state index contributed by atoms with van der Waals surface area (Å²) in [6.07, 6.45) is 4.40. The molecule has 2 aromatic heterocycles. The molecule has 2 N–H and O–H groups in total. The third kappa shape index (κ3) is 2.61. The Balaban J connectivity index is 2.08. The zero-order valence-electron chi connectivity index (χ0n) is 14.4. The normalized spacial score (nSPS) is 18.6. The fourth-order valence-electron chi connectivity index (χ4n) is 3.55. The minimum atomic E-state index is 0.0896. The van der Waals surface area contributed by atoms with E-state index in [0.717, 1.165) is 52.8 Å². The first kappa shape index (κ1) is 16.2. The number of amides is 1. The summed E-state index contributed by atoms with van der Waals surface area (Å²) in [5, 5.41) is 0.964. The Kier molecular flexibility index (Phi) is 4.32. The molecule has 0 saturated carbocycles. The monoisotopic (exact) mass is 331 g/mol. The molecule has 1 atom stereocenters. The molecule has 3 heterocycles. The number of aryl methyl sites for hydroxylation is 2. The van der Waals surface area contributed by atoms with Gasteiger partial charge in [-0.2, -0.15) is 0 Å². The van der Waals surface area contributed by atoms with Gasteiger partial charge in [0.2, 0.25) is 0 Å². The van der Waals surface area contributed by atoms with E-state index in [9.17, 15) is 4.79 Å². The topological polar surface area (TPSA) is 59.2 Å². The van der Waals surface area contributed by atoms with Gasteiger partial charge in [0.05, 0.1) is 5.69 Å². The number of hydrogen-bond donors (Lipinski definition) is 1. The van der Waals surface area contributed by atoms with Crippen LogP contribution in [0.1, 0.15) is 59.1 Å². The van der Waals surface area contributed by atoms with Crippen LogP contribution in [0.2, 0.25) is 0 Å². The van der Waals surface area contributed by atoms with E-state index in [-0.39, 0.29) is 5.91 Å². The molecule has 0 aliphatic carbocycles. The first-order valence-electron chi connectivity index (χ1n) is 8.42. The van der Waals surface area contributed by atoms with Gasteiger partial charge in [-0.25, -0.2) is 4.98 Å². The van der Waals surface area contributed by atoms with Crippen LogP contribution in [0.25, 0.3) is 10.2 Å². The first-order valence-corrected chi connectivity index (χ1v) is 9.24. The van der Waals surface area contributed by atoms with E-state index in [1.807, 2.05) is 11.8 Å². The number of thiophene rings is 1. The van der Waals surface area contributed by atoms with Crippen molar-refractivity contribution >= 4 is 33.1 Å². The number of aromatic nitrogens is 1. The molecule has 1 saturated heterocycles. The van der Waals surface area contributed by atoms with E-state index < -0.39 is 0 Å². The van der Waals surface area contributed by atoms with Crippen molar-refractivity contribution in [2.75, 3.05) is 12.3 Å². The molecule has 1 unspecified atom stereocenters. The number of nitrogen functional groups attached to an aromatic ring is 1. The summed E-state index contributed by atoms with van der Waals surface area (Å²) < 4.78 is 0. The lowest BCUT2D eigenvalue weighted by atomic mass is 9.99. The maximum Gasteiger partial charge on any atom is 0.266 e. The number of nitrogens with zero attached hydrogens (tertiary/aromatic N) is 2. The number of carbonyl (C=O) groups is 1. The summed E-state index contributed by atoms with van der Waals surface area (Å²) in [7, 11) is 0. The minimum absolute atomic E-state index is 0.0896. The largest absolute Gasteiger partial charge is 0.397 e. The van der Waals surface area contributed by atoms with Gasteiger partial charge >= 0.3 is 0 Å². The number of hydrogen-bond acceptors (Lipinski definition) is 4. The molecule has 0 spiro atoms. The number of piperidine rings is 1. The Hall–Kier alpha value is -1.62. The van der Waals surface area contributed by atoms with Crippen LogP contribution in [0.4, 0.5) is 5.69 Å². The second-order valence-corrected chi connectivity index (χ2v) is 7.53. The van der Waals surface area contributed by atoms with E-state index in [1.165, 1.54) is 17.8 Å². The predicted molar refractivity (Wildman–Crippen MR) is 97.2 cm³/mol. The first-order chi connectivity index (χ1) is 11.0. The van der Waals surface area contributed by atoms with Gasteiger partial charge in [0.15, 0.2) is 0 Å². The van der Waals surface area contributed by atoms with Gasteiger partial charge in [0.1, 0.15) is 9.71 Å². The van der Waals surface area contributed by atoms with E-state index in [1.54, 1.807) is 0 Å². The zero-order chi connectivity index (χ0) is 16.7. The highest BCUT2D eigenvalue weighted by Gasteiger charge is 2.29. The second kappa shape index (κ2) is 6.11. The highest BCUT2D eigenvalue weighted by molar-refractivity contribution is 7.21. The molecular formula is C18H25N3OS. The van der Waals surface area contributed by atoms with Crippen molar-refractivity contribution in [1.82, 2.24) is 9.88 Å². The van der Waals surface area contributed by atoms with E-state index in [2.05, 4.69) is 25.8 Å². The molecule has 1 aliphatic rings. The fourth-order valence-corrected chi connectivity index (χ4v) is 4.71. The van der Waals surface area contributed by atoms with Gasteiger partial charge in [0.25, 0.3) is 5.91 Å². The van der Waals surface area contributed by atoms with Crippen molar-refractivity contribution in [3.8, 4) is 0 Å². The van der Waals surface area contributed by atoms with Gasteiger partial charge in [-0.3, -0.25) is 4.79 Å². The highest BCUT2D eigenvalue weighted by Crippen LogP contribution is 2.38. The van der Waals surface area contributed by atoms with Crippen LogP contribution in [-0.4, -0.2) is 28.4 Å². The highest BCUT2D eigenvalue weighted by atomic mass is 32.1. The summed E-state index contributed by atoms with van der Waals surface area (Å²) >= 11 is 1.45. The van der Waals surface area contributed by atoms with Crippen LogP contribution in [0, 0.1) is 20.8 Å². The van der Waals surface area contributed by atoms with Crippen molar-refractivity contribution in [3.05, 3.63) is 21.7 Å². The molecule has 124 valence electrons. The molecule has 0 radical (unpaired) electrons. The number of nitrogens with two attached hydrogens (primary N) is 1.